The van der Waals surface area contributed by atoms with Gasteiger partial charge in [-0.15, -0.1) is 11.3 Å². The van der Waals surface area contributed by atoms with Crippen molar-refractivity contribution in [2.24, 2.45) is 0 Å². The Morgan fingerprint density at radius 3 is 2.82 bits per heavy atom. The van der Waals surface area contributed by atoms with E-state index in [-0.39, 0.29) is 5.91 Å². The second-order valence-corrected chi connectivity index (χ2v) is 8.95. The van der Waals surface area contributed by atoms with Gasteiger partial charge in [-0.1, -0.05) is 44.2 Å². The second-order valence-electron chi connectivity index (χ2n) is 7.88. The summed E-state index contributed by atoms with van der Waals surface area (Å²) in [6, 6.07) is 16.4. The summed E-state index contributed by atoms with van der Waals surface area (Å²) >= 11 is 1.79. The van der Waals surface area contributed by atoms with E-state index in [1.54, 1.807) is 11.3 Å². The van der Waals surface area contributed by atoms with Gasteiger partial charge < -0.3 is 5.32 Å². The average molecular weight is 394 g/mol. The fourth-order valence-corrected chi connectivity index (χ4v) is 5.07. The number of aromatic nitrogens is 1. The van der Waals surface area contributed by atoms with Crippen molar-refractivity contribution in [2.75, 3.05) is 25.0 Å². The summed E-state index contributed by atoms with van der Waals surface area (Å²) < 4.78 is 1.25. The van der Waals surface area contributed by atoms with Crippen LogP contribution in [-0.2, 0) is 4.79 Å². The van der Waals surface area contributed by atoms with Crippen molar-refractivity contribution in [1.82, 2.24) is 9.88 Å². The number of fused-ring (bicyclic) bond motifs is 1. The lowest BCUT2D eigenvalue weighted by Crippen LogP contribution is -2.39. The molecule has 1 amide bonds. The van der Waals surface area contributed by atoms with Gasteiger partial charge in [-0.3, -0.25) is 9.69 Å². The van der Waals surface area contributed by atoms with Gasteiger partial charge in [0.05, 0.1) is 21.8 Å². The molecule has 1 saturated heterocycles. The zero-order chi connectivity index (χ0) is 19.5. The molecule has 2 heterocycles. The molecule has 1 aromatic heterocycles. The van der Waals surface area contributed by atoms with Gasteiger partial charge in [-0.25, -0.2) is 4.98 Å². The van der Waals surface area contributed by atoms with E-state index in [0.29, 0.717) is 18.4 Å². The van der Waals surface area contributed by atoms with Gasteiger partial charge in [-0.2, -0.15) is 0 Å². The number of nitrogens with one attached hydrogen (secondary N) is 1. The van der Waals surface area contributed by atoms with Crippen molar-refractivity contribution in [3.8, 4) is 0 Å². The number of rotatable bonds is 5. The third-order valence-electron chi connectivity index (χ3n) is 5.39. The van der Waals surface area contributed by atoms with Crippen molar-refractivity contribution in [3.63, 3.8) is 0 Å². The normalized spacial score (nSPS) is 17.9. The van der Waals surface area contributed by atoms with E-state index in [2.05, 4.69) is 48.3 Å². The molecule has 0 aliphatic carbocycles. The Kier molecular flexibility index (Phi) is 5.74. The van der Waals surface area contributed by atoms with E-state index in [4.69, 9.17) is 4.98 Å². The van der Waals surface area contributed by atoms with Crippen molar-refractivity contribution in [2.45, 2.75) is 38.5 Å². The number of para-hydroxylation sites is 2. The fourth-order valence-electron chi connectivity index (χ4n) is 3.97. The first-order valence-electron chi connectivity index (χ1n) is 10.1. The highest BCUT2D eigenvalue weighted by Gasteiger charge is 2.25. The maximum Gasteiger partial charge on any atom is 0.238 e. The van der Waals surface area contributed by atoms with Gasteiger partial charge in [0.25, 0.3) is 0 Å². The lowest BCUT2D eigenvalue weighted by molar-refractivity contribution is -0.117. The van der Waals surface area contributed by atoms with Gasteiger partial charge >= 0.3 is 0 Å². The molecule has 1 N–H and O–H groups in total. The van der Waals surface area contributed by atoms with Crippen LogP contribution in [0.25, 0.3) is 10.2 Å². The van der Waals surface area contributed by atoms with Gasteiger partial charge in [0, 0.05) is 18.2 Å². The first kappa shape index (κ1) is 19.1. The Labute approximate surface area is 170 Å². The molecule has 4 rings (SSSR count). The predicted molar refractivity (Wildman–Crippen MR) is 117 cm³/mol. The number of hydrogen-bond acceptors (Lipinski definition) is 4. The lowest BCUT2D eigenvalue weighted by Gasteiger charge is -2.31. The number of carbonyl (C=O) groups excluding carboxylic acids is 1. The van der Waals surface area contributed by atoms with Crippen LogP contribution in [0.3, 0.4) is 0 Å². The third kappa shape index (κ3) is 4.26. The number of benzene rings is 2. The first-order chi connectivity index (χ1) is 13.6. The van der Waals surface area contributed by atoms with Gasteiger partial charge in [0.15, 0.2) is 0 Å². The zero-order valence-electron chi connectivity index (χ0n) is 16.5. The minimum absolute atomic E-state index is 0.0676. The smallest absolute Gasteiger partial charge is 0.238 e. The summed E-state index contributed by atoms with van der Waals surface area (Å²) in [4.78, 5) is 19.8. The Morgan fingerprint density at radius 1 is 1.21 bits per heavy atom. The molecular weight excluding hydrogens is 366 g/mol. The number of thiazole rings is 1. The van der Waals surface area contributed by atoms with Crippen LogP contribution in [0.4, 0.5) is 5.69 Å². The van der Waals surface area contributed by atoms with Crippen LogP contribution in [-0.4, -0.2) is 35.4 Å². The van der Waals surface area contributed by atoms with Crippen LogP contribution in [0.15, 0.2) is 48.5 Å². The molecule has 2 aromatic carbocycles. The Bertz CT molecular complexity index is 932. The maximum absolute atomic E-state index is 12.7. The van der Waals surface area contributed by atoms with Gasteiger partial charge in [-0.05, 0) is 49.1 Å². The molecule has 5 heteroatoms. The number of likely N-dealkylation sites (tertiary alicyclic amines) is 1. The molecule has 1 aliphatic heterocycles. The van der Waals surface area contributed by atoms with Crippen molar-refractivity contribution in [1.29, 1.82) is 0 Å². The molecule has 1 atom stereocenters. The van der Waals surface area contributed by atoms with Crippen LogP contribution >= 0.6 is 11.3 Å². The van der Waals surface area contributed by atoms with Crippen LogP contribution in [0, 0.1) is 0 Å². The highest BCUT2D eigenvalue weighted by atomic mass is 32.1. The van der Waals surface area contributed by atoms with E-state index < -0.39 is 0 Å². The summed E-state index contributed by atoms with van der Waals surface area (Å²) in [5.41, 5.74) is 3.20. The topological polar surface area (TPSA) is 45.2 Å². The number of carbonyl (C=O) groups is 1. The molecular formula is C23H27N3OS. The molecule has 3 aromatic rings. The van der Waals surface area contributed by atoms with Crippen molar-refractivity contribution in [3.05, 3.63) is 59.1 Å². The average Bonchev–Trinajstić information content (AvgIpc) is 3.13. The highest BCUT2D eigenvalue weighted by molar-refractivity contribution is 7.18. The standard InChI is InChI=1S/C23H27N3OS/c1-16(2)18-9-3-4-10-19(18)24-22(27)15-26-13-7-8-17(14-26)23-25-20-11-5-6-12-21(20)28-23/h3-6,9-12,16-17H,7-8,13-15H2,1-2H3,(H,24,27)/t17-/m0/s1. The lowest BCUT2D eigenvalue weighted by atomic mass is 9.98. The molecule has 1 aliphatic rings. The number of anilines is 1. The van der Waals surface area contributed by atoms with Crippen molar-refractivity contribution < 1.29 is 4.79 Å². The number of hydrogen-bond donors (Lipinski definition) is 1. The maximum atomic E-state index is 12.7. The highest BCUT2D eigenvalue weighted by Crippen LogP contribution is 2.33. The van der Waals surface area contributed by atoms with Gasteiger partial charge in [0.1, 0.15) is 0 Å². The first-order valence-corrected chi connectivity index (χ1v) is 10.9. The monoisotopic (exact) mass is 393 g/mol. The van der Waals surface area contributed by atoms with Crippen molar-refractivity contribution >= 4 is 33.1 Å². The van der Waals surface area contributed by atoms with E-state index in [1.165, 1.54) is 15.3 Å². The Balaban J connectivity index is 1.40. The molecule has 0 saturated carbocycles. The second kappa shape index (κ2) is 8.41. The third-order valence-corrected chi connectivity index (χ3v) is 6.59. The molecule has 0 bridgehead atoms. The molecule has 4 nitrogen and oxygen atoms in total. The largest absolute Gasteiger partial charge is 0.325 e. The minimum Gasteiger partial charge on any atom is -0.325 e. The van der Waals surface area contributed by atoms with Crippen LogP contribution in [0.1, 0.15) is 49.1 Å². The van der Waals surface area contributed by atoms with Crippen LogP contribution in [0.2, 0.25) is 0 Å². The Morgan fingerprint density at radius 2 is 2.00 bits per heavy atom. The number of amides is 1. The summed E-state index contributed by atoms with van der Waals surface area (Å²) in [6.07, 6.45) is 2.25. The molecule has 1 fully saturated rings. The predicted octanol–water partition coefficient (Wildman–Crippen LogP) is 5.24. The minimum atomic E-state index is 0.0676. The molecule has 28 heavy (non-hydrogen) atoms. The SMILES string of the molecule is CC(C)c1ccccc1NC(=O)CN1CCC[C@H](c2nc3ccccc3s2)C1. The van der Waals surface area contributed by atoms with Gasteiger partial charge in [0.2, 0.25) is 5.91 Å². The van der Waals surface area contributed by atoms with E-state index in [1.807, 2.05) is 24.3 Å². The van der Waals surface area contributed by atoms with E-state index in [0.717, 1.165) is 37.1 Å². The van der Waals surface area contributed by atoms with Crippen LogP contribution < -0.4 is 5.32 Å². The van der Waals surface area contributed by atoms with Crippen LogP contribution in [0.5, 0.6) is 0 Å². The quantitative estimate of drug-likeness (QED) is 0.645. The summed E-state index contributed by atoms with van der Waals surface area (Å²) in [5.74, 6) is 0.870. The number of piperidine rings is 1. The molecule has 0 spiro atoms. The summed E-state index contributed by atoms with van der Waals surface area (Å²) in [6.45, 7) is 6.62. The fraction of sp³-hybridized carbons (Fsp3) is 0.391. The van der Waals surface area contributed by atoms with E-state index in [9.17, 15) is 4.79 Å². The Hall–Kier alpha value is -2.24. The van der Waals surface area contributed by atoms with E-state index >= 15 is 0 Å². The molecule has 0 unspecified atom stereocenters. The summed E-state index contributed by atoms with van der Waals surface area (Å²) in [7, 11) is 0. The molecule has 146 valence electrons. The number of nitrogens with zero attached hydrogens (tertiary/aromatic N) is 2. The summed E-state index contributed by atoms with van der Waals surface area (Å²) in [5, 5.41) is 4.33. The zero-order valence-corrected chi connectivity index (χ0v) is 17.3. The molecule has 0 radical (unpaired) electrons.